The Morgan fingerprint density at radius 1 is 1.02 bits per heavy atom. The fourth-order valence-corrected chi connectivity index (χ4v) is 7.48. The number of piperidine rings is 1. The van der Waals surface area contributed by atoms with Crippen LogP contribution in [0.2, 0.25) is 0 Å². The first-order valence-corrected chi connectivity index (χ1v) is 18.0. The van der Waals surface area contributed by atoms with Crippen molar-refractivity contribution >= 4 is 62.4 Å². The summed E-state index contributed by atoms with van der Waals surface area (Å²) >= 11 is 5.35. The average Bonchev–Trinajstić information content (AvgIpc) is 3.51. The Hall–Kier alpha value is -3.52. The molecule has 4 aromatic rings. The molecule has 2 saturated heterocycles. The molecule has 2 aromatic carbocycles. The van der Waals surface area contributed by atoms with Gasteiger partial charge >= 0.3 is 0 Å². The topological polar surface area (TPSA) is 95.8 Å². The van der Waals surface area contributed by atoms with E-state index in [1.807, 2.05) is 17.9 Å². The molecule has 3 aliphatic rings. The van der Waals surface area contributed by atoms with Crippen LogP contribution in [0.25, 0.3) is 11.1 Å². The standard InChI is InChI=1S/C34H42BrN9O2S/c1-41-12-13-46-21-34(41)8-10-44(11-9-34)29-17-31(45-4)28(16-25(29)24-18-37-42(2)20-24)39-33-36-19-26(35)32(40-33)38-27-14-22-6-7-23(22)15-30(27)43(3)47-5/h14-20H,6-13,21H2,1-5H3,(H2,36,38,39,40). The van der Waals surface area contributed by atoms with Crippen molar-refractivity contribution in [1.29, 1.82) is 0 Å². The number of hydrogen-bond acceptors (Lipinski definition) is 11. The summed E-state index contributed by atoms with van der Waals surface area (Å²) in [4.78, 5) is 14.5. The van der Waals surface area contributed by atoms with Gasteiger partial charge in [0.05, 0.1) is 48.1 Å². The van der Waals surface area contributed by atoms with Gasteiger partial charge in [-0.2, -0.15) is 10.1 Å². The van der Waals surface area contributed by atoms with E-state index in [2.05, 4.69) is 102 Å². The van der Waals surface area contributed by atoms with E-state index < -0.39 is 0 Å². The van der Waals surface area contributed by atoms with Crippen LogP contribution in [-0.2, 0) is 24.6 Å². The molecule has 0 saturated carbocycles. The number of aromatic nitrogens is 4. The zero-order chi connectivity index (χ0) is 32.7. The number of halogens is 1. The highest BCUT2D eigenvalue weighted by Gasteiger charge is 2.41. The van der Waals surface area contributed by atoms with Gasteiger partial charge in [-0.25, -0.2) is 4.98 Å². The minimum atomic E-state index is 0.103. The first-order valence-electron chi connectivity index (χ1n) is 16.0. The summed E-state index contributed by atoms with van der Waals surface area (Å²) in [6, 6.07) is 8.79. The Bertz CT molecular complexity index is 1770. The van der Waals surface area contributed by atoms with Crippen LogP contribution in [0.4, 0.5) is 34.5 Å². The van der Waals surface area contributed by atoms with Crippen LogP contribution in [0, 0.1) is 0 Å². The predicted molar refractivity (Wildman–Crippen MR) is 195 cm³/mol. The summed E-state index contributed by atoms with van der Waals surface area (Å²) in [5.74, 6) is 1.86. The van der Waals surface area contributed by atoms with E-state index in [1.54, 1.807) is 25.3 Å². The second-order valence-corrected chi connectivity index (χ2v) is 14.4. The lowest BCUT2D eigenvalue weighted by atomic mass is 9.85. The van der Waals surface area contributed by atoms with E-state index in [9.17, 15) is 0 Å². The minimum Gasteiger partial charge on any atom is -0.494 e. The minimum absolute atomic E-state index is 0.103. The molecule has 0 atom stereocenters. The van der Waals surface area contributed by atoms with E-state index in [-0.39, 0.29) is 5.54 Å². The SMILES string of the molecule is COc1cc(N2CCC3(CC2)COCCN3C)c(-c2cnn(C)c2)cc1Nc1ncc(Br)c(Nc2cc3c(cc2N(C)SC)CC3)n1. The first kappa shape index (κ1) is 32.0. The molecule has 13 heteroatoms. The van der Waals surface area contributed by atoms with Gasteiger partial charge in [-0.15, -0.1) is 0 Å². The molecule has 1 spiro atoms. The number of fused-ring (bicyclic) bond motifs is 1. The largest absolute Gasteiger partial charge is 0.494 e. The van der Waals surface area contributed by atoms with Gasteiger partial charge in [0, 0.05) is 80.8 Å². The predicted octanol–water partition coefficient (Wildman–Crippen LogP) is 6.25. The molecule has 7 rings (SSSR count). The van der Waals surface area contributed by atoms with Gasteiger partial charge < -0.3 is 29.3 Å². The molecule has 0 bridgehead atoms. The molecule has 2 fully saturated rings. The average molecular weight is 721 g/mol. The van der Waals surface area contributed by atoms with Gasteiger partial charge in [0.25, 0.3) is 0 Å². The Kier molecular flexibility index (Phi) is 8.98. The fraction of sp³-hybridized carbons (Fsp3) is 0.441. The van der Waals surface area contributed by atoms with Gasteiger partial charge in [-0.3, -0.25) is 9.58 Å². The molecule has 2 aromatic heterocycles. The number of aryl methyl sites for hydroxylation is 3. The van der Waals surface area contributed by atoms with Gasteiger partial charge in [-0.05, 0) is 78.0 Å². The molecule has 11 nitrogen and oxygen atoms in total. The maximum absolute atomic E-state index is 5.98. The van der Waals surface area contributed by atoms with E-state index in [4.69, 9.17) is 14.5 Å². The Morgan fingerprint density at radius 3 is 2.49 bits per heavy atom. The van der Waals surface area contributed by atoms with Gasteiger partial charge in [-0.1, -0.05) is 11.9 Å². The molecule has 1 aliphatic carbocycles. The molecule has 0 radical (unpaired) electrons. The molecule has 248 valence electrons. The number of rotatable bonds is 9. The van der Waals surface area contributed by atoms with Crippen LogP contribution in [0.3, 0.4) is 0 Å². The maximum atomic E-state index is 5.98. The zero-order valence-corrected chi connectivity index (χ0v) is 30.0. The maximum Gasteiger partial charge on any atom is 0.229 e. The molecule has 0 amide bonds. The quantitative estimate of drug-likeness (QED) is 0.192. The van der Waals surface area contributed by atoms with Crippen molar-refractivity contribution in [2.24, 2.45) is 7.05 Å². The number of ether oxygens (including phenoxy) is 2. The van der Waals surface area contributed by atoms with Crippen molar-refractivity contribution < 1.29 is 9.47 Å². The van der Waals surface area contributed by atoms with Gasteiger partial charge in [0.15, 0.2) is 0 Å². The third-order valence-electron chi connectivity index (χ3n) is 9.96. The number of morpholine rings is 1. The van der Waals surface area contributed by atoms with E-state index in [0.29, 0.717) is 11.8 Å². The summed E-state index contributed by atoms with van der Waals surface area (Å²) in [7, 11) is 7.97. The highest BCUT2D eigenvalue weighted by molar-refractivity contribution is 9.10. The second-order valence-electron chi connectivity index (χ2n) is 12.6. The summed E-state index contributed by atoms with van der Waals surface area (Å²) < 4.78 is 16.7. The fourth-order valence-electron chi connectivity index (χ4n) is 6.85. The third kappa shape index (κ3) is 6.26. The number of benzene rings is 2. The van der Waals surface area contributed by atoms with Crippen LogP contribution in [0.5, 0.6) is 5.75 Å². The summed E-state index contributed by atoms with van der Waals surface area (Å²) in [5, 5.41) is 11.5. The molecule has 0 unspecified atom stereocenters. The molecule has 2 N–H and O–H groups in total. The van der Waals surface area contributed by atoms with Crippen molar-refractivity contribution in [3.63, 3.8) is 0 Å². The highest BCUT2D eigenvalue weighted by atomic mass is 79.9. The lowest BCUT2D eigenvalue weighted by Crippen LogP contribution is -2.60. The van der Waals surface area contributed by atoms with E-state index >= 15 is 0 Å². The van der Waals surface area contributed by atoms with Crippen molar-refractivity contribution in [1.82, 2.24) is 24.6 Å². The lowest BCUT2D eigenvalue weighted by Gasteiger charge is -2.50. The molecular formula is C34H42BrN9O2S. The van der Waals surface area contributed by atoms with E-state index in [0.717, 1.165) is 103 Å². The molecule has 47 heavy (non-hydrogen) atoms. The van der Waals surface area contributed by atoms with Gasteiger partial charge in [0.2, 0.25) is 5.95 Å². The normalized spacial score (nSPS) is 17.3. The van der Waals surface area contributed by atoms with Crippen molar-refractivity contribution in [3.8, 4) is 16.9 Å². The lowest BCUT2D eigenvalue weighted by molar-refractivity contribution is -0.0669. The Balaban J connectivity index is 1.19. The molecular weight excluding hydrogens is 678 g/mol. The first-order chi connectivity index (χ1) is 22.8. The smallest absolute Gasteiger partial charge is 0.229 e. The highest BCUT2D eigenvalue weighted by Crippen LogP contribution is 2.43. The monoisotopic (exact) mass is 719 g/mol. The number of nitrogens with one attached hydrogen (secondary N) is 2. The van der Waals surface area contributed by atoms with E-state index in [1.165, 1.54) is 11.1 Å². The van der Waals surface area contributed by atoms with Crippen LogP contribution < -0.4 is 24.6 Å². The summed E-state index contributed by atoms with van der Waals surface area (Å²) in [5.41, 5.74) is 9.05. The molecule has 2 aliphatic heterocycles. The summed E-state index contributed by atoms with van der Waals surface area (Å²) in [6.45, 7) is 4.44. The molecule has 4 heterocycles. The van der Waals surface area contributed by atoms with Crippen LogP contribution in [0.1, 0.15) is 24.0 Å². The Labute approximate surface area is 289 Å². The zero-order valence-electron chi connectivity index (χ0n) is 27.6. The third-order valence-corrected chi connectivity index (χ3v) is 11.3. The number of hydrogen-bond donors (Lipinski definition) is 2. The number of anilines is 6. The Morgan fingerprint density at radius 2 is 1.81 bits per heavy atom. The van der Waals surface area contributed by atoms with Crippen LogP contribution in [0.15, 0.2) is 47.3 Å². The van der Waals surface area contributed by atoms with Crippen molar-refractivity contribution in [2.75, 3.05) is 80.1 Å². The van der Waals surface area contributed by atoms with Crippen LogP contribution >= 0.6 is 27.9 Å². The van der Waals surface area contributed by atoms with Gasteiger partial charge in [0.1, 0.15) is 11.6 Å². The second kappa shape index (κ2) is 13.2. The number of nitrogens with zero attached hydrogens (tertiary/aromatic N) is 7. The van der Waals surface area contributed by atoms with Crippen LogP contribution in [-0.4, -0.2) is 90.5 Å². The summed E-state index contributed by atoms with van der Waals surface area (Å²) in [6.07, 6.45) is 12.1. The van der Waals surface area contributed by atoms with Crippen molar-refractivity contribution in [3.05, 3.63) is 58.5 Å². The van der Waals surface area contributed by atoms with Crippen molar-refractivity contribution in [2.45, 2.75) is 31.2 Å². The number of likely N-dealkylation sites (N-methyl/N-ethyl adjacent to an activating group) is 1. The number of methoxy groups -OCH3 is 1.